The predicted octanol–water partition coefficient (Wildman–Crippen LogP) is 4.93. The van der Waals surface area contributed by atoms with E-state index >= 15 is 0 Å². The molecule has 1 aliphatic carbocycles. The van der Waals surface area contributed by atoms with Crippen LogP contribution in [0.5, 0.6) is 0 Å². The maximum absolute atomic E-state index is 11.9. The van der Waals surface area contributed by atoms with Gasteiger partial charge in [-0.1, -0.05) is 48.7 Å². The highest BCUT2D eigenvalue weighted by molar-refractivity contribution is 7.80. The summed E-state index contributed by atoms with van der Waals surface area (Å²) in [6.07, 6.45) is 4.48. The molecule has 4 nitrogen and oxygen atoms in total. The van der Waals surface area contributed by atoms with E-state index in [1.165, 1.54) is 24.0 Å². The molecular weight excluding hydrogens is 356 g/mol. The van der Waals surface area contributed by atoms with E-state index in [2.05, 4.69) is 41.8 Å². The molecule has 5 heteroatoms. The third-order valence-electron chi connectivity index (χ3n) is 5.01. The second-order valence-electron chi connectivity index (χ2n) is 7.04. The summed E-state index contributed by atoms with van der Waals surface area (Å²) in [7, 11) is 0. The first-order chi connectivity index (χ1) is 13.0. The quantitative estimate of drug-likeness (QED) is 0.567. The Morgan fingerprint density at radius 1 is 1.15 bits per heavy atom. The number of anilines is 1. The fourth-order valence-corrected chi connectivity index (χ4v) is 4.04. The van der Waals surface area contributed by atoms with E-state index in [9.17, 15) is 4.79 Å². The summed E-state index contributed by atoms with van der Waals surface area (Å²) in [4.78, 5) is 11.9. The molecule has 2 aromatic carbocycles. The lowest BCUT2D eigenvalue weighted by molar-refractivity contribution is 0.0526. The average Bonchev–Trinajstić information content (AvgIpc) is 3.11. The number of aryl methyl sites for hydroxylation is 1. The zero-order valence-electron chi connectivity index (χ0n) is 15.9. The highest BCUT2D eigenvalue weighted by atomic mass is 32.1. The molecule has 0 aliphatic heterocycles. The first-order valence-electron chi connectivity index (χ1n) is 9.46. The number of thiocarbonyl (C=S) groups is 1. The van der Waals surface area contributed by atoms with Crippen molar-refractivity contribution in [3.8, 4) is 0 Å². The van der Waals surface area contributed by atoms with E-state index in [0.717, 1.165) is 18.5 Å². The summed E-state index contributed by atoms with van der Waals surface area (Å²) in [5.74, 6) is -0.327. The molecule has 3 rings (SSSR count). The molecule has 142 valence electrons. The zero-order chi connectivity index (χ0) is 19.3. The molecule has 0 amide bonds. The average molecular weight is 383 g/mol. The van der Waals surface area contributed by atoms with Crippen LogP contribution in [0.25, 0.3) is 0 Å². The second kappa shape index (κ2) is 8.53. The molecule has 0 aromatic heterocycles. The van der Waals surface area contributed by atoms with E-state index in [4.69, 9.17) is 17.0 Å². The van der Waals surface area contributed by atoms with Gasteiger partial charge in [-0.2, -0.15) is 0 Å². The minimum Gasteiger partial charge on any atom is -0.462 e. The van der Waals surface area contributed by atoms with Gasteiger partial charge in [-0.05, 0) is 62.7 Å². The summed E-state index contributed by atoms with van der Waals surface area (Å²) >= 11 is 5.60. The minimum absolute atomic E-state index is 0.130. The van der Waals surface area contributed by atoms with Crippen molar-refractivity contribution in [1.29, 1.82) is 0 Å². The molecule has 0 heterocycles. The third kappa shape index (κ3) is 4.66. The first-order valence-corrected chi connectivity index (χ1v) is 9.87. The van der Waals surface area contributed by atoms with E-state index in [0.29, 0.717) is 17.3 Å². The largest absolute Gasteiger partial charge is 0.462 e. The highest BCUT2D eigenvalue weighted by Gasteiger charge is 2.36. The number of rotatable bonds is 5. The number of esters is 1. The van der Waals surface area contributed by atoms with Crippen LogP contribution in [0.3, 0.4) is 0 Å². The van der Waals surface area contributed by atoms with Gasteiger partial charge in [0.15, 0.2) is 5.11 Å². The van der Waals surface area contributed by atoms with Crippen molar-refractivity contribution < 1.29 is 9.53 Å². The molecule has 2 N–H and O–H groups in total. The SMILES string of the molecule is CCOC(=O)c1cccc(NC(=S)NC2(c3cccc(C)c3)CCCC2)c1. The predicted molar refractivity (Wildman–Crippen MR) is 113 cm³/mol. The van der Waals surface area contributed by atoms with Crippen molar-refractivity contribution >= 4 is 29.0 Å². The summed E-state index contributed by atoms with van der Waals surface area (Å²) in [5, 5.41) is 7.36. The maximum Gasteiger partial charge on any atom is 0.338 e. The smallest absolute Gasteiger partial charge is 0.338 e. The van der Waals surface area contributed by atoms with Crippen LogP contribution in [0, 0.1) is 6.92 Å². The van der Waals surface area contributed by atoms with Gasteiger partial charge in [0.25, 0.3) is 0 Å². The number of hydrogen-bond donors (Lipinski definition) is 2. The Labute approximate surface area is 166 Å². The first kappa shape index (κ1) is 19.4. The van der Waals surface area contributed by atoms with E-state index in [1.54, 1.807) is 19.1 Å². The van der Waals surface area contributed by atoms with Gasteiger partial charge in [0, 0.05) is 5.69 Å². The number of nitrogens with one attached hydrogen (secondary N) is 2. The molecule has 1 fully saturated rings. The van der Waals surface area contributed by atoms with Gasteiger partial charge in [-0.25, -0.2) is 4.79 Å². The maximum atomic E-state index is 11.9. The van der Waals surface area contributed by atoms with Crippen LogP contribution >= 0.6 is 12.2 Å². The van der Waals surface area contributed by atoms with Crippen molar-refractivity contribution in [2.75, 3.05) is 11.9 Å². The molecule has 1 aliphatic rings. The minimum atomic E-state index is -0.327. The van der Waals surface area contributed by atoms with Crippen LogP contribution in [0.1, 0.15) is 54.1 Å². The monoisotopic (exact) mass is 382 g/mol. The lowest BCUT2D eigenvalue weighted by Crippen LogP contribution is -2.45. The van der Waals surface area contributed by atoms with Gasteiger partial charge in [-0.3, -0.25) is 0 Å². The molecular formula is C22H26N2O2S. The fourth-order valence-electron chi connectivity index (χ4n) is 3.73. The van der Waals surface area contributed by atoms with Crippen LogP contribution in [0.15, 0.2) is 48.5 Å². The van der Waals surface area contributed by atoms with Gasteiger partial charge in [0.1, 0.15) is 0 Å². The summed E-state index contributed by atoms with van der Waals surface area (Å²) in [5.41, 5.74) is 3.69. The topological polar surface area (TPSA) is 50.4 Å². The number of carbonyl (C=O) groups is 1. The Bertz CT molecular complexity index is 829. The molecule has 0 bridgehead atoms. The van der Waals surface area contributed by atoms with Gasteiger partial charge in [0.05, 0.1) is 17.7 Å². The number of ether oxygens (including phenoxy) is 1. The molecule has 0 radical (unpaired) electrons. The Balaban J connectivity index is 1.74. The summed E-state index contributed by atoms with van der Waals surface area (Å²) in [6.45, 7) is 4.27. The van der Waals surface area contributed by atoms with Crippen LogP contribution in [-0.4, -0.2) is 17.7 Å². The van der Waals surface area contributed by atoms with Gasteiger partial charge >= 0.3 is 5.97 Å². The third-order valence-corrected chi connectivity index (χ3v) is 5.22. The van der Waals surface area contributed by atoms with Gasteiger partial charge in [-0.15, -0.1) is 0 Å². The molecule has 0 unspecified atom stereocenters. The lowest BCUT2D eigenvalue weighted by Gasteiger charge is -2.33. The van der Waals surface area contributed by atoms with Crippen molar-refractivity contribution in [1.82, 2.24) is 5.32 Å². The molecule has 0 saturated heterocycles. The Morgan fingerprint density at radius 3 is 2.59 bits per heavy atom. The second-order valence-corrected chi connectivity index (χ2v) is 7.45. The normalized spacial score (nSPS) is 15.2. The lowest BCUT2D eigenvalue weighted by atomic mass is 9.87. The van der Waals surface area contributed by atoms with Gasteiger partial charge < -0.3 is 15.4 Å². The number of benzene rings is 2. The van der Waals surface area contributed by atoms with Crippen molar-refractivity contribution in [3.63, 3.8) is 0 Å². The van der Waals surface area contributed by atoms with Crippen molar-refractivity contribution in [3.05, 3.63) is 65.2 Å². The van der Waals surface area contributed by atoms with Crippen LogP contribution in [-0.2, 0) is 10.3 Å². The molecule has 0 atom stereocenters. The van der Waals surface area contributed by atoms with Crippen LogP contribution < -0.4 is 10.6 Å². The zero-order valence-corrected chi connectivity index (χ0v) is 16.7. The van der Waals surface area contributed by atoms with Gasteiger partial charge in [0.2, 0.25) is 0 Å². The number of carbonyl (C=O) groups excluding carboxylic acids is 1. The highest BCUT2D eigenvalue weighted by Crippen LogP contribution is 2.39. The van der Waals surface area contributed by atoms with E-state index < -0.39 is 0 Å². The van der Waals surface area contributed by atoms with Crippen molar-refractivity contribution in [2.45, 2.75) is 45.1 Å². The molecule has 1 saturated carbocycles. The summed E-state index contributed by atoms with van der Waals surface area (Å²) < 4.78 is 5.07. The van der Waals surface area contributed by atoms with E-state index in [1.807, 2.05) is 12.1 Å². The Morgan fingerprint density at radius 2 is 1.89 bits per heavy atom. The Hall–Kier alpha value is -2.40. The Kier molecular flexibility index (Phi) is 6.11. The molecule has 27 heavy (non-hydrogen) atoms. The fraction of sp³-hybridized carbons (Fsp3) is 0.364. The van der Waals surface area contributed by atoms with Crippen molar-refractivity contribution in [2.24, 2.45) is 0 Å². The standard InChI is InChI=1S/C22H26N2O2S/c1-3-26-20(25)17-9-7-11-19(15-17)23-21(27)24-22(12-4-5-13-22)18-10-6-8-16(2)14-18/h6-11,14-15H,3-5,12-13H2,1-2H3,(H2,23,24,27). The summed E-state index contributed by atoms with van der Waals surface area (Å²) in [6, 6.07) is 15.9. The van der Waals surface area contributed by atoms with Crippen LogP contribution in [0.2, 0.25) is 0 Å². The molecule has 0 spiro atoms. The van der Waals surface area contributed by atoms with Crippen LogP contribution in [0.4, 0.5) is 5.69 Å². The molecule has 2 aromatic rings. The number of hydrogen-bond acceptors (Lipinski definition) is 3. The van der Waals surface area contributed by atoms with E-state index in [-0.39, 0.29) is 11.5 Å².